The minimum absolute atomic E-state index is 0.311. The predicted molar refractivity (Wildman–Crippen MR) is 119 cm³/mol. The first-order chi connectivity index (χ1) is 15.2. The molecule has 2 N–H and O–H groups in total. The maximum atomic E-state index is 6.71. The molecule has 3 aromatic heterocycles. The molecule has 5 rings (SSSR count). The molecule has 1 aliphatic carbocycles. The van der Waals surface area contributed by atoms with E-state index in [0.717, 1.165) is 57.4 Å². The zero-order chi connectivity index (χ0) is 21.2. The Morgan fingerprint density at radius 2 is 1.97 bits per heavy atom. The number of halogens is 1. The van der Waals surface area contributed by atoms with Crippen LogP contribution >= 0.6 is 11.6 Å². The van der Waals surface area contributed by atoms with Gasteiger partial charge in [-0.1, -0.05) is 11.6 Å². The molecule has 166 valence electrons. The molecule has 1 saturated carbocycles. The van der Waals surface area contributed by atoms with Crippen molar-refractivity contribution in [1.29, 1.82) is 0 Å². The highest BCUT2D eigenvalue weighted by atomic mass is 35.5. The van der Waals surface area contributed by atoms with Crippen molar-refractivity contribution >= 4 is 34.3 Å². The number of anilines is 2. The Kier molecular flexibility index (Phi) is 5.97. The molecule has 2 fully saturated rings. The largest absolute Gasteiger partial charge is 0.477 e. The van der Waals surface area contributed by atoms with Crippen molar-refractivity contribution in [3.63, 3.8) is 0 Å². The summed E-state index contributed by atoms with van der Waals surface area (Å²) >= 11 is 6.71. The zero-order valence-electron chi connectivity index (χ0n) is 17.7. The molecule has 0 atom stereocenters. The van der Waals surface area contributed by atoms with Gasteiger partial charge in [0.2, 0.25) is 11.8 Å². The third kappa shape index (κ3) is 4.22. The number of ether oxygens (including phenoxy) is 2. The summed E-state index contributed by atoms with van der Waals surface area (Å²) in [6, 6.07) is 2.86. The van der Waals surface area contributed by atoms with E-state index < -0.39 is 0 Å². The third-order valence-corrected chi connectivity index (χ3v) is 6.59. The Morgan fingerprint density at radius 3 is 2.74 bits per heavy atom. The maximum Gasteiger partial charge on any atom is 0.232 e. The smallest absolute Gasteiger partial charge is 0.232 e. The van der Waals surface area contributed by atoms with E-state index in [1.54, 1.807) is 6.20 Å². The van der Waals surface area contributed by atoms with Gasteiger partial charge in [-0.25, -0.2) is 4.68 Å². The molecule has 1 saturated heterocycles. The highest BCUT2D eigenvalue weighted by Gasteiger charge is 2.29. The molecule has 3 aromatic rings. The molecule has 0 bridgehead atoms. The summed E-state index contributed by atoms with van der Waals surface area (Å²) in [5, 5.41) is 9.23. The number of hydrogen-bond donors (Lipinski definition) is 2. The molecule has 0 spiro atoms. The topological polar surface area (TPSA) is 93.1 Å². The minimum Gasteiger partial charge on any atom is -0.477 e. The van der Waals surface area contributed by atoms with E-state index in [1.165, 1.54) is 0 Å². The van der Waals surface area contributed by atoms with E-state index >= 15 is 0 Å². The fraction of sp³-hybridized carbons (Fsp3) is 0.571. The summed E-state index contributed by atoms with van der Waals surface area (Å²) in [6.07, 6.45) is 8.04. The van der Waals surface area contributed by atoms with Crippen molar-refractivity contribution in [2.75, 3.05) is 38.2 Å². The lowest BCUT2D eigenvalue weighted by molar-refractivity contribution is 0.00508. The highest BCUT2D eigenvalue weighted by molar-refractivity contribution is 6.32. The van der Waals surface area contributed by atoms with E-state index in [1.807, 2.05) is 23.9 Å². The summed E-state index contributed by atoms with van der Waals surface area (Å²) in [4.78, 5) is 14.7. The van der Waals surface area contributed by atoms with Gasteiger partial charge >= 0.3 is 0 Å². The monoisotopic (exact) mass is 445 g/mol. The normalized spacial score (nSPS) is 22.6. The van der Waals surface area contributed by atoms with Crippen molar-refractivity contribution in [2.24, 2.45) is 0 Å². The van der Waals surface area contributed by atoms with Gasteiger partial charge in [0.1, 0.15) is 5.65 Å². The summed E-state index contributed by atoms with van der Waals surface area (Å²) < 4.78 is 13.1. The Balaban J connectivity index is 1.28. The Morgan fingerprint density at radius 1 is 1.19 bits per heavy atom. The van der Waals surface area contributed by atoms with Gasteiger partial charge in [-0.2, -0.15) is 15.1 Å². The lowest BCUT2D eigenvalue weighted by atomic mass is 9.90. The first kappa shape index (κ1) is 20.5. The third-order valence-electron chi connectivity index (χ3n) is 6.22. The van der Waals surface area contributed by atoms with E-state index in [0.29, 0.717) is 47.0 Å². The average Bonchev–Trinajstić information content (AvgIpc) is 3.42. The van der Waals surface area contributed by atoms with Crippen LogP contribution in [0.3, 0.4) is 0 Å². The fourth-order valence-corrected chi connectivity index (χ4v) is 4.91. The second-order valence-electron chi connectivity index (χ2n) is 8.05. The van der Waals surface area contributed by atoms with Gasteiger partial charge < -0.3 is 19.8 Å². The Bertz CT molecular complexity index is 1020. The number of fused-ring (bicyclic) bond motifs is 1. The van der Waals surface area contributed by atoms with Crippen molar-refractivity contribution in [2.45, 2.75) is 44.7 Å². The average molecular weight is 446 g/mol. The van der Waals surface area contributed by atoms with E-state index in [9.17, 15) is 0 Å². The number of aromatic nitrogens is 5. The van der Waals surface area contributed by atoms with Gasteiger partial charge in [-0.3, -0.25) is 4.90 Å². The van der Waals surface area contributed by atoms with Gasteiger partial charge in [-0.05, 0) is 38.7 Å². The number of morpholine rings is 1. The number of rotatable bonds is 6. The van der Waals surface area contributed by atoms with Crippen molar-refractivity contribution in [3.05, 3.63) is 23.6 Å². The second kappa shape index (κ2) is 9.02. The van der Waals surface area contributed by atoms with E-state index in [2.05, 4.69) is 30.3 Å². The van der Waals surface area contributed by atoms with Crippen LogP contribution < -0.4 is 10.1 Å². The number of H-pyrrole nitrogens is 1. The van der Waals surface area contributed by atoms with Gasteiger partial charge in [-0.15, -0.1) is 0 Å². The summed E-state index contributed by atoms with van der Waals surface area (Å²) in [5.41, 5.74) is 1.41. The van der Waals surface area contributed by atoms with Crippen molar-refractivity contribution in [1.82, 2.24) is 29.6 Å². The lowest BCUT2D eigenvalue weighted by Crippen LogP contribution is -2.45. The molecule has 10 heteroatoms. The Labute approximate surface area is 186 Å². The fourth-order valence-electron chi connectivity index (χ4n) is 4.63. The molecule has 0 amide bonds. The molecule has 0 aromatic carbocycles. The minimum atomic E-state index is 0.311. The number of nitrogens with one attached hydrogen (secondary N) is 2. The van der Waals surface area contributed by atoms with E-state index in [-0.39, 0.29) is 0 Å². The van der Waals surface area contributed by atoms with Gasteiger partial charge in [0.15, 0.2) is 5.15 Å². The number of nitrogens with zero attached hydrogens (tertiary/aromatic N) is 5. The van der Waals surface area contributed by atoms with Crippen LogP contribution in [0.25, 0.3) is 11.0 Å². The molecule has 31 heavy (non-hydrogen) atoms. The van der Waals surface area contributed by atoms with Crippen LogP contribution in [0, 0.1) is 0 Å². The van der Waals surface area contributed by atoms with Gasteiger partial charge in [0, 0.05) is 25.3 Å². The molecular formula is C21H28ClN7O2. The summed E-state index contributed by atoms with van der Waals surface area (Å²) in [6.45, 7) is 6.25. The molecule has 9 nitrogen and oxygen atoms in total. The SMILES string of the molecule is CCOc1nc(Nc2cnn(C3CCC(N4CCOCC4)CC3)c2Cl)nc2[nH]ccc12. The first-order valence-corrected chi connectivity index (χ1v) is 11.4. The van der Waals surface area contributed by atoms with Crippen LogP contribution in [0.15, 0.2) is 18.5 Å². The molecule has 0 unspecified atom stereocenters. The maximum absolute atomic E-state index is 6.71. The second-order valence-corrected chi connectivity index (χ2v) is 8.41. The van der Waals surface area contributed by atoms with E-state index in [4.69, 9.17) is 21.1 Å². The number of hydrogen-bond acceptors (Lipinski definition) is 7. The quantitative estimate of drug-likeness (QED) is 0.596. The molecular weight excluding hydrogens is 418 g/mol. The van der Waals surface area contributed by atoms with Crippen LogP contribution in [0.1, 0.15) is 38.6 Å². The standard InChI is InChI=1S/C21H28ClN7O2/c1-2-31-20-16-7-8-23-19(16)26-21(27-20)25-17-13-24-29(18(17)22)15-5-3-14(4-6-15)28-9-11-30-12-10-28/h7-8,13-15H,2-6,9-12H2,1H3,(H2,23,25,26,27). The van der Waals surface area contributed by atoms with Crippen molar-refractivity contribution < 1.29 is 9.47 Å². The summed E-state index contributed by atoms with van der Waals surface area (Å²) in [5.74, 6) is 0.970. The summed E-state index contributed by atoms with van der Waals surface area (Å²) in [7, 11) is 0. The van der Waals surface area contributed by atoms with Crippen LogP contribution in [-0.4, -0.2) is 68.6 Å². The van der Waals surface area contributed by atoms with Crippen LogP contribution in [-0.2, 0) is 4.74 Å². The van der Waals surface area contributed by atoms with Gasteiger partial charge in [0.05, 0.1) is 43.1 Å². The van der Waals surface area contributed by atoms with Crippen LogP contribution in [0.4, 0.5) is 11.6 Å². The molecule has 0 radical (unpaired) electrons. The lowest BCUT2D eigenvalue weighted by Gasteiger charge is -2.38. The number of aromatic amines is 1. The predicted octanol–water partition coefficient (Wildman–Crippen LogP) is 3.77. The molecule has 4 heterocycles. The highest BCUT2D eigenvalue weighted by Crippen LogP contribution is 2.36. The molecule has 2 aliphatic rings. The zero-order valence-corrected chi connectivity index (χ0v) is 18.4. The molecule has 1 aliphatic heterocycles. The first-order valence-electron chi connectivity index (χ1n) is 11.0. The van der Waals surface area contributed by atoms with Crippen LogP contribution in [0.5, 0.6) is 5.88 Å². The van der Waals surface area contributed by atoms with Crippen LogP contribution in [0.2, 0.25) is 5.15 Å². The van der Waals surface area contributed by atoms with Crippen molar-refractivity contribution in [3.8, 4) is 5.88 Å². The Hall–Kier alpha value is -2.36. The van der Waals surface area contributed by atoms with Gasteiger partial charge in [0.25, 0.3) is 0 Å².